The molecule has 0 spiro atoms. The number of carboxylic acids is 1. The lowest BCUT2D eigenvalue weighted by molar-refractivity contribution is -0.255. The average Bonchev–Trinajstić information content (AvgIpc) is 2.69. The van der Waals surface area contributed by atoms with Crippen molar-refractivity contribution in [3.63, 3.8) is 0 Å². The van der Waals surface area contributed by atoms with Crippen molar-refractivity contribution in [2.24, 2.45) is 5.10 Å². The van der Waals surface area contributed by atoms with Crippen LogP contribution in [0.1, 0.15) is 26.3 Å². The maximum atomic E-state index is 12.3. The van der Waals surface area contributed by atoms with Crippen LogP contribution >= 0.6 is 11.6 Å². The van der Waals surface area contributed by atoms with E-state index in [0.717, 1.165) is 5.56 Å². The van der Waals surface area contributed by atoms with Gasteiger partial charge in [-0.05, 0) is 47.5 Å². The highest BCUT2D eigenvalue weighted by Gasteiger charge is 2.09. The minimum atomic E-state index is -1.23. The van der Waals surface area contributed by atoms with Gasteiger partial charge in [0.25, 0.3) is 5.91 Å². The number of halogens is 1. The summed E-state index contributed by atoms with van der Waals surface area (Å²) in [4.78, 5) is 23.1. The van der Waals surface area contributed by atoms with E-state index in [1.165, 1.54) is 12.1 Å². The van der Waals surface area contributed by atoms with Gasteiger partial charge < -0.3 is 15.2 Å². The minimum absolute atomic E-state index is 0.0940. The molecule has 7 heteroatoms. The summed E-state index contributed by atoms with van der Waals surface area (Å²) in [5, 5.41) is 18.0. The maximum Gasteiger partial charge on any atom is 0.257 e. The average molecular weight is 393 g/mol. The number of hydrogen-bond donors (Lipinski definition) is 2. The third-order valence-corrected chi connectivity index (χ3v) is 4.12. The van der Waals surface area contributed by atoms with Crippen molar-refractivity contribution >= 4 is 41.1 Å². The molecule has 3 rings (SSSR count). The van der Waals surface area contributed by atoms with E-state index < -0.39 is 5.97 Å². The van der Waals surface area contributed by atoms with E-state index in [0.29, 0.717) is 22.0 Å². The third kappa shape index (κ3) is 4.96. The van der Waals surface area contributed by atoms with Gasteiger partial charge in [0, 0.05) is 5.69 Å². The molecule has 0 bridgehead atoms. The van der Waals surface area contributed by atoms with Crippen molar-refractivity contribution in [2.45, 2.75) is 0 Å². The summed E-state index contributed by atoms with van der Waals surface area (Å²) < 4.78 is 0. The number of benzene rings is 3. The monoisotopic (exact) mass is 392 g/mol. The molecular formula is C21H15ClN3O3-. The van der Waals surface area contributed by atoms with Gasteiger partial charge >= 0.3 is 0 Å². The Morgan fingerprint density at radius 2 is 1.68 bits per heavy atom. The Bertz CT molecular complexity index is 1030. The topological polar surface area (TPSA) is 93.6 Å². The molecule has 6 nitrogen and oxygen atoms in total. The van der Waals surface area contributed by atoms with Crippen LogP contribution in [0.15, 0.2) is 77.9 Å². The van der Waals surface area contributed by atoms with E-state index in [1.807, 2.05) is 6.07 Å². The lowest BCUT2D eigenvalue weighted by atomic mass is 10.2. The van der Waals surface area contributed by atoms with Crippen LogP contribution in [0.2, 0.25) is 5.02 Å². The van der Waals surface area contributed by atoms with Gasteiger partial charge in [-0.3, -0.25) is 10.2 Å². The highest BCUT2D eigenvalue weighted by atomic mass is 35.5. The summed E-state index contributed by atoms with van der Waals surface area (Å²) in [5.74, 6) is -1.53. The first kappa shape index (κ1) is 19.1. The van der Waals surface area contributed by atoms with Gasteiger partial charge in [0.2, 0.25) is 0 Å². The van der Waals surface area contributed by atoms with Gasteiger partial charge in [-0.1, -0.05) is 48.0 Å². The fraction of sp³-hybridized carbons (Fsp3) is 0. The van der Waals surface area contributed by atoms with Crippen LogP contribution in [0.5, 0.6) is 0 Å². The standard InChI is InChI=1S/C21H16ClN3O3/c22-19-7-2-1-6-18(19)20(26)24-17-5-3-4-14(12-17)13-23-25-16-10-8-15(9-11-16)21(27)28/h1-13,25H,(H,24,26)(H,27,28)/p-1/b23-13-. The highest BCUT2D eigenvalue weighted by Crippen LogP contribution is 2.17. The Morgan fingerprint density at radius 3 is 2.39 bits per heavy atom. The lowest BCUT2D eigenvalue weighted by Crippen LogP contribution is -2.21. The second-order valence-corrected chi connectivity index (χ2v) is 6.20. The van der Waals surface area contributed by atoms with Gasteiger partial charge in [0.15, 0.2) is 0 Å². The Balaban J connectivity index is 1.64. The van der Waals surface area contributed by atoms with Crippen LogP contribution in [-0.4, -0.2) is 18.1 Å². The van der Waals surface area contributed by atoms with E-state index in [-0.39, 0.29) is 11.5 Å². The quantitative estimate of drug-likeness (QED) is 0.496. The molecule has 2 N–H and O–H groups in total. The molecule has 0 radical (unpaired) electrons. The maximum absolute atomic E-state index is 12.3. The number of nitrogens with zero attached hydrogens (tertiary/aromatic N) is 1. The summed E-state index contributed by atoms with van der Waals surface area (Å²) in [6, 6.07) is 20.0. The van der Waals surface area contributed by atoms with Crippen molar-refractivity contribution in [1.29, 1.82) is 0 Å². The Labute approximate surface area is 166 Å². The summed E-state index contributed by atoms with van der Waals surface area (Å²) in [6.45, 7) is 0. The van der Waals surface area contributed by atoms with Crippen LogP contribution in [0.3, 0.4) is 0 Å². The molecule has 3 aromatic carbocycles. The van der Waals surface area contributed by atoms with E-state index >= 15 is 0 Å². The van der Waals surface area contributed by atoms with Crippen LogP contribution in [-0.2, 0) is 0 Å². The summed E-state index contributed by atoms with van der Waals surface area (Å²) in [7, 11) is 0. The third-order valence-electron chi connectivity index (χ3n) is 3.79. The number of carbonyl (C=O) groups is 2. The molecule has 0 atom stereocenters. The van der Waals surface area contributed by atoms with Crippen molar-refractivity contribution in [3.8, 4) is 0 Å². The van der Waals surface area contributed by atoms with Crippen molar-refractivity contribution in [2.75, 3.05) is 10.7 Å². The minimum Gasteiger partial charge on any atom is -0.545 e. The zero-order chi connectivity index (χ0) is 19.9. The number of amides is 1. The van der Waals surface area contributed by atoms with Crippen LogP contribution in [0.4, 0.5) is 11.4 Å². The number of hydrazone groups is 1. The SMILES string of the molecule is O=C([O-])c1ccc(N/N=C\c2cccc(NC(=O)c3ccccc3Cl)c2)cc1. The van der Waals surface area contributed by atoms with Gasteiger partial charge in [-0.2, -0.15) is 5.10 Å². The molecule has 0 aliphatic heterocycles. The molecule has 0 heterocycles. The second kappa shape index (κ2) is 8.83. The Kier molecular flexibility index (Phi) is 6.04. The Hall–Kier alpha value is -3.64. The largest absolute Gasteiger partial charge is 0.545 e. The highest BCUT2D eigenvalue weighted by molar-refractivity contribution is 6.34. The molecule has 0 aliphatic carbocycles. The van der Waals surface area contributed by atoms with E-state index in [2.05, 4.69) is 15.8 Å². The molecule has 0 unspecified atom stereocenters. The van der Waals surface area contributed by atoms with Gasteiger partial charge in [-0.25, -0.2) is 0 Å². The molecule has 1 amide bonds. The summed E-state index contributed by atoms with van der Waals surface area (Å²) in [5.41, 5.74) is 5.28. The molecule has 28 heavy (non-hydrogen) atoms. The van der Waals surface area contributed by atoms with Gasteiger partial charge in [-0.15, -0.1) is 0 Å². The van der Waals surface area contributed by atoms with Crippen molar-refractivity contribution < 1.29 is 14.7 Å². The molecule has 0 saturated heterocycles. The first-order valence-corrected chi connectivity index (χ1v) is 8.67. The molecular weight excluding hydrogens is 378 g/mol. The lowest BCUT2D eigenvalue weighted by Gasteiger charge is -2.07. The fourth-order valence-electron chi connectivity index (χ4n) is 2.40. The van der Waals surface area contributed by atoms with E-state index in [1.54, 1.807) is 60.8 Å². The normalized spacial score (nSPS) is 10.6. The zero-order valence-corrected chi connectivity index (χ0v) is 15.3. The predicted molar refractivity (Wildman–Crippen MR) is 108 cm³/mol. The number of carboxylic acid groups (broad SMARTS) is 1. The van der Waals surface area contributed by atoms with E-state index in [9.17, 15) is 14.7 Å². The number of hydrogen-bond acceptors (Lipinski definition) is 5. The first-order chi connectivity index (χ1) is 13.5. The zero-order valence-electron chi connectivity index (χ0n) is 14.6. The van der Waals surface area contributed by atoms with Gasteiger partial charge in [0.05, 0.1) is 28.5 Å². The van der Waals surface area contributed by atoms with Crippen LogP contribution < -0.4 is 15.8 Å². The Morgan fingerprint density at radius 1 is 0.929 bits per heavy atom. The smallest absolute Gasteiger partial charge is 0.257 e. The van der Waals surface area contributed by atoms with Crippen molar-refractivity contribution in [3.05, 3.63) is 94.5 Å². The molecule has 3 aromatic rings. The molecule has 0 aliphatic rings. The van der Waals surface area contributed by atoms with E-state index in [4.69, 9.17) is 11.6 Å². The number of aromatic carboxylic acids is 1. The summed E-state index contributed by atoms with van der Waals surface area (Å²) >= 11 is 6.04. The number of nitrogens with one attached hydrogen (secondary N) is 2. The first-order valence-electron chi connectivity index (χ1n) is 8.29. The van der Waals surface area contributed by atoms with Crippen molar-refractivity contribution in [1.82, 2.24) is 0 Å². The number of carbonyl (C=O) groups excluding carboxylic acids is 2. The molecule has 140 valence electrons. The molecule has 0 aromatic heterocycles. The summed E-state index contributed by atoms with van der Waals surface area (Å²) in [6.07, 6.45) is 1.58. The molecule has 0 fully saturated rings. The van der Waals surface area contributed by atoms with Gasteiger partial charge in [0.1, 0.15) is 0 Å². The molecule has 0 saturated carbocycles. The van der Waals surface area contributed by atoms with Crippen LogP contribution in [0.25, 0.3) is 0 Å². The number of anilines is 2. The predicted octanol–water partition coefficient (Wildman–Crippen LogP) is 3.40. The number of rotatable bonds is 6. The second-order valence-electron chi connectivity index (χ2n) is 5.79. The fourth-order valence-corrected chi connectivity index (χ4v) is 2.62. The van der Waals surface area contributed by atoms with Crippen LogP contribution in [0, 0.1) is 0 Å².